The van der Waals surface area contributed by atoms with Gasteiger partial charge in [0.1, 0.15) is 6.54 Å². The van der Waals surface area contributed by atoms with E-state index in [1.54, 1.807) is 14.1 Å². The van der Waals surface area contributed by atoms with Crippen LogP contribution in [-0.4, -0.2) is 55.5 Å². The monoisotopic (exact) mass is 469 g/mol. The minimum Gasteiger partial charge on any atom is -0.358 e. The molecule has 0 bridgehead atoms. The third kappa shape index (κ3) is 7.07. The molecule has 26 heavy (non-hydrogen) atoms. The number of fused-ring (bicyclic) bond motifs is 1. The highest BCUT2D eigenvalue weighted by Crippen LogP contribution is 2.14. The number of benzene rings is 1. The fourth-order valence-corrected chi connectivity index (χ4v) is 2.28. The topological polar surface area (TPSA) is 72.5 Å². The smallest absolute Gasteiger partial charge is 0.243 e. The first-order valence-corrected chi connectivity index (χ1v) is 8.39. The van der Waals surface area contributed by atoms with Gasteiger partial charge in [0.15, 0.2) is 5.96 Å². The number of rotatable bonds is 7. The van der Waals surface area contributed by atoms with Crippen LogP contribution in [0.25, 0.3) is 10.9 Å². The minimum atomic E-state index is -0.0351. The van der Waals surface area contributed by atoms with Crippen molar-refractivity contribution in [1.29, 1.82) is 0 Å². The van der Waals surface area contributed by atoms with Crippen LogP contribution in [0.1, 0.15) is 12.6 Å². The molecule has 1 aromatic heterocycles. The Bertz CT molecular complexity index is 733. The molecular weight excluding hydrogens is 441 g/mol. The molecule has 142 valence electrons. The van der Waals surface area contributed by atoms with Crippen molar-refractivity contribution in [2.45, 2.75) is 13.3 Å². The number of para-hydroxylation sites is 1. The fraction of sp³-hybridized carbons (Fsp3) is 0.368. The van der Waals surface area contributed by atoms with E-state index in [1.165, 1.54) is 10.3 Å². The fourth-order valence-electron chi connectivity index (χ4n) is 2.28. The molecule has 3 N–H and O–H groups in total. The van der Waals surface area contributed by atoms with Crippen molar-refractivity contribution in [2.75, 3.05) is 33.7 Å². The van der Waals surface area contributed by atoms with E-state index in [9.17, 15) is 4.79 Å². The Morgan fingerprint density at radius 2 is 2.00 bits per heavy atom. The number of likely N-dealkylation sites (N-methyl/N-ethyl adjacent to an activating group) is 1. The van der Waals surface area contributed by atoms with Crippen LogP contribution in [0.4, 0.5) is 0 Å². The Labute approximate surface area is 172 Å². The highest BCUT2D eigenvalue weighted by molar-refractivity contribution is 14.0. The Morgan fingerprint density at radius 3 is 2.65 bits per heavy atom. The Kier molecular flexibility index (Phi) is 9.18. The second-order valence-corrected chi connectivity index (χ2v) is 6.32. The Hall–Kier alpha value is -2.03. The van der Waals surface area contributed by atoms with E-state index >= 15 is 0 Å². The predicted octanol–water partition coefficient (Wildman–Crippen LogP) is 2.53. The molecule has 6 nitrogen and oxygen atoms in total. The number of aromatic amines is 1. The molecule has 0 saturated carbocycles. The lowest BCUT2D eigenvalue weighted by Gasteiger charge is -2.13. The Morgan fingerprint density at radius 1 is 1.27 bits per heavy atom. The molecule has 7 heteroatoms. The molecule has 0 aliphatic carbocycles. The average Bonchev–Trinajstić information content (AvgIpc) is 2.98. The summed E-state index contributed by atoms with van der Waals surface area (Å²) in [5, 5.41) is 7.67. The van der Waals surface area contributed by atoms with Crippen molar-refractivity contribution in [1.82, 2.24) is 20.5 Å². The van der Waals surface area contributed by atoms with Gasteiger partial charge in [-0.1, -0.05) is 30.4 Å². The standard InChI is InChI=1S/C19H27N5O.HI/c1-14(2)12-21-19(22-13-18(25)24(3)4)20-10-9-16-11-15-7-5-6-8-17(15)23-16;/h5-8,11,23H,1,9-10,12-13H2,2-4H3,(H2,20,21,22);1H. The summed E-state index contributed by atoms with van der Waals surface area (Å²) in [5.74, 6) is 0.585. The lowest BCUT2D eigenvalue weighted by Crippen LogP contribution is -2.40. The molecule has 0 atom stereocenters. The molecule has 0 fully saturated rings. The zero-order valence-corrected chi connectivity index (χ0v) is 18.0. The number of nitrogens with zero attached hydrogens (tertiary/aromatic N) is 2. The number of amides is 1. The molecule has 2 aromatic rings. The largest absolute Gasteiger partial charge is 0.358 e. The van der Waals surface area contributed by atoms with Crippen molar-refractivity contribution in [3.8, 4) is 0 Å². The summed E-state index contributed by atoms with van der Waals surface area (Å²) in [6.45, 7) is 7.27. The predicted molar refractivity (Wildman–Crippen MR) is 119 cm³/mol. The van der Waals surface area contributed by atoms with E-state index < -0.39 is 0 Å². The van der Waals surface area contributed by atoms with Crippen molar-refractivity contribution in [3.05, 3.63) is 48.2 Å². The third-order valence-corrected chi connectivity index (χ3v) is 3.70. The zero-order valence-electron chi connectivity index (χ0n) is 15.6. The highest BCUT2D eigenvalue weighted by atomic mass is 127. The van der Waals surface area contributed by atoms with Gasteiger partial charge in [-0.25, -0.2) is 4.99 Å². The molecular formula is C19H28IN5O. The number of H-pyrrole nitrogens is 1. The van der Waals surface area contributed by atoms with Crippen LogP contribution in [0, 0.1) is 0 Å². The van der Waals surface area contributed by atoms with Crippen LogP contribution < -0.4 is 10.6 Å². The summed E-state index contributed by atoms with van der Waals surface area (Å²) in [4.78, 5) is 21.0. The van der Waals surface area contributed by atoms with Gasteiger partial charge in [-0.2, -0.15) is 0 Å². The van der Waals surface area contributed by atoms with E-state index in [0.29, 0.717) is 19.0 Å². The van der Waals surface area contributed by atoms with Gasteiger partial charge in [-0.05, 0) is 24.4 Å². The Balaban J connectivity index is 0.00000338. The maximum absolute atomic E-state index is 11.7. The first-order chi connectivity index (χ1) is 12.0. The quantitative estimate of drug-likeness (QED) is 0.253. The highest BCUT2D eigenvalue weighted by Gasteiger charge is 2.05. The number of carbonyl (C=O) groups is 1. The van der Waals surface area contributed by atoms with Crippen LogP contribution >= 0.6 is 24.0 Å². The maximum atomic E-state index is 11.7. The summed E-state index contributed by atoms with van der Waals surface area (Å²) >= 11 is 0. The summed E-state index contributed by atoms with van der Waals surface area (Å²) in [6.07, 6.45) is 0.837. The molecule has 1 heterocycles. The number of aliphatic imine (C=N–C) groups is 1. The van der Waals surface area contributed by atoms with Crippen LogP contribution in [0.3, 0.4) is 0 Å². The molecule has 0 aliphatic heterocycles. The number of carbonyl (C=O) groups excluding carboxylic acids is 1. The SMILES string of the molecule is C=C(C)CNC(=NCC(=O)N(C)C)NCCc1cc2ccccc2[nH]1.I. The van der Waals surface area contributed by atoms with Crippen molar-refractivity contribution in [3.63, 3.8) is 0 Å². The molecule has 0 aliphatic rings. The maximum Gasteiger partial charge on any atom is 0.243 e. The summed E-state index contributed by atoms with van der Waals surface area (Å²) in [6, 6.07) is 10.4. The van der Waals surface area contributed by atoms with Gasteiger partial charge in [0.25, 0.3) is 0 Å². The van der Waals surface area contributed by atoms with Gasteiger partial charge < -0.3 is 20.5 Å². The van der Waals surface area contributed by atoms with Gasteiger partial charge in [-0.15, -0.1) is 24.0 Å². The summed E-state index contributed by atoms with van der Waals surface area (Å²) in [5.41, 5.74) is 3.31. The normalized spacial score (nSPS) is 11.0. The molecule has 0 saturated heterocycles. The van der Waals surface area contributed by atoms with Crippen LogP contribution in [0.15, 0.2) is 47.5 Å². The van der Waals surface area contributed by atoms with Gasteiger partial charge in [0.05, 0.1) is 0 Å². The summed E-state index contributed by atoms with van der Waals surface area (Å²) in [7, 11) is 3.45. The number of halogens is 1. The second-order valence-electron chi connectivity index (χ2n) is 6.32. The lowest BCUT2D eigenvalue weighted by molar-refractivity contribution is -0.127. The van der Waals surface area contributed by atoms with Gasteiger partial charge >= 0.3 is 0 Å². The number of hydrogen-bond donors (Lipinski definition) is 3. The molecule has 1 aromatic carbocycles. The van der Waals surface area contributed by atoms with Gasteiger partial charge in [-0.3, -0.25) is 4.79 Å². The molecule has 0 radical (unpaired) electrons. The lowest BCUT2D eigenvalue weighted by atomic mass is 10.2. The number of guanidine groups is 1. The molecule has 0 spiro atoms. The van der Waals surface area contributed by atoms with Crippen molar-refractivity contribution in [2.24, 2.45) is 4.99 Å². The van der Waals surface area contributed by atoms with Crippen LogP contribution in [0.5, 0.6) is 0 Å². The van der Waals surface area contributed by atoms with E-state index in [1.807, 2.05) is 19.1 Å². The van der Waals surface area contributed by atoms with Crippen molar-refractivity contribution < 1.29 is 4.79 Å². The van der Waals surface area contributed by atoms with E-state index in [4.69, 9.17) is 0 Å². The third-order valence-electron chi connectivity index (χ3n) is 3.70. The van der Waals surface area contributed by atoms with E-state index in [0.717, 1.165) is 23.2 Å². The first-order valence-electron chi connectivity index (χ1n) is 8.39. The first kappa shape index (κ1) is 22.0. The van der Waals surface area contributed by atoms with Crippen LogP contribution in [0.2, 0.25) is 0 Å². The van der Waals surface area contributed by atoms with Gasteiger partial charge in [0.2, 0.25) is 5.91 Å². The van der Waals surface area contributed by atoms with Gasteiger partial charge in [0, 0.05) is 44.8 Å². The minimum absolute atomic E-state index is 0. The summed E-state index contributed by atoms with van der Waals surface area (Å²) < 4.78 is 0. The van der Waals surface area contributed by atoms with Crippen molar-refractivity contribution >= 4 is 46.7 Å². The second kappa shape index (κ2) is 10.8. The van der Waals surface area contributed by atoms with Crippen LogP contribution in [-0.2, 0) is 11.2 Å². The zero-order chi connectivity index (χ0) is 18.2. The molecule has 1 amide bonds. The molecule has 0 unspecified atom stereocenters. The average molecular weight is 469 g/mol. The number of hydrogen-bond acceptors (Lipinski definition) is 2. The van der Waals surface area contributed by atoms with E-state index in [-0.39, 0.29) is 36.4 Å². The number of aromatic nitrogens is 1. The molecule has 2 rings (SSSR count). The van der Waals surface area contributed by atoms with E-state index in [2.05, 4.69) is 45.4 Å². The number of nitrogens with one attached hydrogen (secondary N) is 3.